The number of fused-ring (bicyclic) bond motifs is 1. The van der Waals surface area contributed by atoms with E-state index in [1.807, 2.05) is 6.07 Å². The molecule has 1 aromatic heterocycles. The molecule has 1 N–H and O–H groups in total. The van der Waals surface area contributed by atoms with Gasteiger partial charge < -0.3 is 15.0 Å². The van der Waals surface area contributed by atoms with Crippen LogP contribution in [0.4, 0.5) is 5.82 Å². The van der Waals surface area contributed by atoms with Gasteiger partial charge in [-0.05, 0) is 24.6 Å². The molecular weight excluding hydrogens is 386 g/mol. The van der Waals surface area contributed by atoms with Gasteiger partial charge >= 0.3 is 0 Å². The molecule has 0 atom stereocenters. The van der Waals surface area contributed by atoms with Crippen LogP contribution >= 0.6 is 0 Å². The summed E-state index contributed by atoms with van der Waals surface area (Å²) < 4.78 is 5.35. The Bertz CT molecular complexity index is 923. The maximum Gasteiger partial charge on any atom is 0.261 e. The van der Waals surface area contributed by atoms with Gasteiger partial charge in [0.15, 0.2) is 0 Å². The zero-order valence-corrected chi connectivity index (χ0v) is 16.5. The summed E-state index contributed by atoms with van der Waals surface area (Å²) >= 11 is 0. The molecule has 0 bridgehead atoms. The maximum atomic E-state index is 12.3. The van der Waals surface area contributed by atoms with Crippen LogP contribution in [0, 0.1) is 0 Å². The SMILES string of the molecule is O=C(CCCN1C(=O)c2ccccc2C1=O)NCc1nccc(N2CCOCC2)n1. The second kappa shape index (κ2) is 9.00. The molecule has 4 rings (SSSR count). The highest BCUT2D eigenvalue weighted by molar-refractivity contribution is 6.21. The van der Waals surface area contributed by atoms with Crippen LogP contribution in [-0.4, -0.2) is 65.4 Å². The molecule has 2 aliphatic rings. The summed E-state index contributed by atoms with van der Waals surface area (Å²) in [5.74, 6) is 0.580. The molecule has 0 radical (unpaired) electrons. The van der Waals surface area contributed by atoms with E-state index < -0.39 is 0 Å². The van der Waals surface area contributed by atoms with Crippen LogP contribution in [0.2, 0.25) is 0 Å². The summed E-state index contributed by atoms with van der Waals surface area (Å²) in [6, 6.07) is 8.60. The summed E-state index contributed by atoms with van der Waals surface area (Å²) in [4.78, 5) is 48.9. The molecule has 156 valence electrons. The predicted molar refractivity (Wildman–Crippen MR) is 108 cm³/mol. The van der Waals surface area contributed by atoms with Crippen molar-refractivity contribution >= 4 is 23.5 Å². The maximum absolute atomic E-state index is 12.3. The molecule has 1 aromatic carbocycles. The van der Waals surface area contributed by atoms with E-state index in [0.29, 0.717) is 36.6 Å². The van der Waals surface area contributed by atoms with Gasteiger partial charge in [-0.25, -0.2) is 9.97 Å². The number of hydrogen-bond donors (Lipinski definition) is 1. The summed E-state index contributed by atoms with van der Waals surface area (Å²) in [6.07, 6.45) is 2.28. The van der Waals surface area contributed by atoms with Gasteiger partial charge in [0.25, 0.3) is 11.8 Å². The van der Waals surface area contributed by atoms with E-state index in [4.69, 9.17) is 4.74 Å². The zero-order chi connectivity index (χ0) is 20.9. The number of carbonyl (C=O) groups excluding carboxylic acids is 3. The van der Waals surface area contributed by atoms with E-state index in [9.17, 15) is 14.4 Å². The zero-order valence-electron chi connectivity index (χ0n) is 16.5. The fraction of sp³-hybridized carbons (Fsp3) is 0.381. The standard InChI is InChI=1S/C21H23N5O4/c27-19(6-3-9-26-20(28)15-4-1-2-5-16(15)21(26)29)23-14-17-22-8-7-18(24-17)25-10-12-30-13-11-25/h1-2,4-5,7-8H,3,6,9-14H2,(H,23,27). The normalized spacial score (nSPS) is 16.0. The number of morpholine rings is 1. The third-order valence-corrected chi connectivity index (χ3v) is 5.13. The molecule has 1 saturated heterocycles. The Morgan fingerprint density at radius 2 is 1.77 bits per heavy atom. The first kappa shape index (κ1) is 20.0. The van der Waals surface area contributed by atoms with Crippen LogP contribution in [0.5, 0.6) is 0 Å². The van der Waals surface area contributed by atoms with Crippen molar-refractivity contribution in [1.29, 1.82) is 0 Å². The Labute approximate surface area is 174 Å². The van der Waals surface area contributed by atoms with Crippen molar-refractivity contribution in [3.63, 3.8) is 0 Å². The first-order valence-electron chi connectivity index (χ1n) is 10.00. The Morgan fingerprint density at radius 1 is 1.07 bits per heavy atom. The van der Waals surface area contributed by atoms with Crippen LogP contribution in [0.15, 0.2) is 36.5 Å². The summed E-state index contributed by atoms with van der Waals surface area (Å²) in [7, 11) is 0. The van der Waals surface area contributed by atoms with Gasteiger partial charge in [-0.2, -0.15) is 0 Å². The van der Waals surface area contributed by atoms with Crippen molar-refractivity contribution in [2.24, 2.45) is 0 Å². The Balaban J connectivity index is 1.23. The number of ether oxygens (including phenoxy) is 1. The van der Waals surface area contributed by atoms with Crippen molar-refractivity contribution in [2.45, 2.75) is 19.4 Å². The van der Waals surface area contributed by atoms with Crippen molar-refractivity contribution < 1.29 is 19.1 Å². The second-order valence-electron chi connectivity index (χ2n) is 7.12. The molecule has 9 heteroatoms. The first-order valence-corrected chi connectivity index (χ1v) is 10.00. The van der Waals surface area contributed by atoms with Crippen molar-refractivity contribution in [3.8, 4) is 0 Å². The van der Waals surface area contributed by atoms with E-state index in [-0.39, 0.29) is 37.2 Å². The third-order valence-electron chi connectivity index (χ3n) is 5.13. The summed E-state index contributed by atoms with van der Waals surface area (Å²) in [6.45, 7) is 3.33. The highest BCUT2D eigenvalue weighted by Crippen LogP contribution is 2.22. The third kappa shape index (κ3) is 4.30. The van der Waals surface area contributed by atoms with Gasteiger partial charge in [0.05, 0.1) is 30.9 Å². The topological polar surface area (TPSA) is 105 Å². The lowest BCUT2D eigenvalue weighted by Crippen LogP contribution is -2.37. The molecule has 3 heterocycles. The number of benzene rings is 1. The van der Waals surface area contributed by atoms with Gasteiger partial charge in [0.1, 0.15) is 11.6 Å². The van der Waals surface area contributed by atoms with Gasteiger partial charge in [-0.3, -0.25) is 19.3 Å². The fourth-order valence-corrected chi connectivity index (χ4v) is 3.55. The number of rotatable bonds is 7. The predicted octanol–water partition coefficient (Wildman–Crippen LogP) is 1.01. The minimum atomic E-state index is -0.302. The van der Waals surface area contributed by atoms with Gasteiger partial charge in [-0.15, -0.1) is 0 Å². The number of imide groups is 1. The van der Waals surface area contributed by atoms with E-state index in [2.05, 4.69) is 20.2 Å². The van der Waals surface area contributed by atoms with Crippen LogP contribution in [0.25, 0.3) is 0 Å². The number of nitrogens with zero attached hydrogens (tertiary/aromatic N) is 4. The molecule has 0 spiro atoms. The highest BCUT2D eigenvalue weighted by Gasteiger charge is 2.34. The lowest BCUT2D eigenvalue weighted by atomic mass is 10.1. The number of hydrogen-bond acceptors (Lipinski definition) is 7. The summed E-state index contributed by atoms with van der Waals surface area (Å²) in [5.41, 5.74) is 0.841. The molecule has 3 amide bonds. The minimum Gasteiger partial charge on any atom is -0.378 e. The van der Waals surface area contributed by atoms with Crippen molar-refractivity contribution in [2.75, 3.05) is 37.7 Å². The van der Waals surface area contributed by atoms with E-state index in [0.717, 1.165) is 18.9 Å². The molecule has 0 unspecified atom stereocenters. The average Bonchev–Trinajstić information content (AvgIpc) is 3.03. The number of aromatic nitrogens is 2. The van der Waals surface area contributed by atoms with Crippen LogP contribution < -0.4 is 10.2 Å². The minimum absolute atomic E-state index is 0.174. The van der Waals surface area contributed by atoms with Crippen LogP contribution in [-0.2, 0) is 16.1 Å². The Kier molecular flexibility index (Phi) is 5.99. The molecular formula is C21H23N5O4. The molecule has 1 fully saturated rings. The smallest absolute Gasteiger partial charge is 0.261 e. The Hall–Kier alpha value is -3.33. The molecule has 0 aliphatic carbocycles. The van der Waals surface area contributed by atoms with Gasteiger partial charge in [0, 0.05) is 32.3 Å². The molecule has 9 nitrogen and oxygen atoms in total. The van der Waals surface area contributed by atoms with Crippen LogP contribution in [0.3, 0.4) is 0 Å². The first-order chi connectivity index (χ1) is 14.6. The molecule has 2 aliphatic heterocycles. The van der Waals surface area contributed by atoms with Gasteiger partial charge in [0.2, 0.25) is 5.91 Å². The largest absolute Gasteiger partial charge is 0.378 e. The van der Waals surface area contributed by atoms with Gasteiger partial charge in [-0.1, -0.05) is 12.1 Å². The van der Waals surface area contributed by atoms with E-state index in [1.165, 1.54) is 4.90 Å². The van der Waals surface area contributed by atoms with E-state index in [1.54, 1.807) is 30.5 Å². The van der Waals surface area contributed by atoms with Crippen molar-refractivity contribution in [3.05, 3.63) is 53.5 Å². The second-order valence-corrected chi connectivity index (χ2v) is 7.12. The Morgan fingerprint density at radius 3 is 2.47 bits per heavy atom. The summed E-state index contributed by atoms with van der Waals surface area (Å²) in [5, 5.41) is 2.80. The fourth-order valence-electron chi connectivity index (χ4n) is 3.55. The lowest BCUT2D eigenvalue weighted by molar-refractivity contribution is -0.121. The lowest BCUT2D eigenvalue weighted by Gasteiger charge is -2.27. The average molecular weight is 409 g/mol. The quantitative estimate of drug-likeness (QED) is 0.681. The molecule has 30 heavy (non-hydrogen) atoms. The number of carbonyl (C=O) groups is 3. The number of anilines is 1. The monoisotopic (exact) mass is 409 g/mol. The van der Waals surface area contributed by atoms with E-state index >= 15 is 0 Å². The number of amides is 3. The molecule has 0 saturated carbocycles. The highest BCUT2D eigenvalue weighted by atomic mass is 16.5. The molecule has 2 aromatic rings. The van der Waals surface area contributed by atoms with Crippen LogP contribution in [0.1, 0.15) is 39.4 Å². The van der Waals surface area contributed by atoms with Crippen molar-refractivity contribution in [1.82, 2.24) is 20.2 Å². The number of nitrogens with one attached hydrogen (secondary N) is 1.